The predicted octanol–water partition coefficient (Wildman–Crippen LogP) is -6.57. The fraction of sp³-hybridized carbons (Fsp3) is 0.462. The van der Waals surface area contributed by atoms with Gasteiger partial charge in [-0.2, -0.15) is 8.42 Å². The van der Waals surface area contributed by atoms with E-state index in [1.165, 1.54) is 0 Å². The standard InChI is InChI=1S/C13H19N5O11S/c14-9(22)1-5(10(23)16-6-2-18(13(6)26)30(27,28)29)15-11(24)7(3-19)17-12(25)8(21)4-20/h1,6-8,19-21H,2-4H2,(H2,14,22)(H,15,24)(H,16,23)(H,17,25)(H,27,28,29). The van der Waals surface area contributed by atoms with Crippen LogP contribution in [0.2, 0.25) is 0 Å². The number of nitrogens with zero attached hydrogens (tertiary/aromatic N) is 1. The highest BCUT2D eigenvalue weighted by Gasteiger charge is 2.44. The minimum atomic E-state index is -4.81. The lowest BCUT2D eigenvalue weighted by atomic mass is 10.1. The quantitative estimate of drug-likeness (QED) is 0.0875. The van der Waals surface area contributed by atoms with Gasteiger partial charge in [-0.1, -0.05) is 0 Å². The molecular weight excluding hydrogens is 434 g/mol. The molecule has 0 aromatic rings. The molecule has 0 aliphatic carbocycles. The monoisotopic (exact) mass is 453 g/mol. The summed E-state index contributed by atoms with van der Waals surface area (Å²) < 4.78 is 30.6. The van der Waals surface area contributed by atoms with Crippen molar-refractivity contribution in [3.05, 3.63) is 11.8 Å². The van der Waals surface area contributed by atoms with E-state index < -0.39 is 83.5 Å². The normalized spacial score (nSPS) is 18.7. The first kappa shape index (κ1) is 24.9. The lowest BCUT2D eigenvalue weighted by Crippen LogP contribution is -2.65. The molecule has 3 atom stereocenters. The highest BCUT2D eigenvalue weighted by atomic mass is 32.2. The van der Waals surface area contributed by atoms with Gasteiger partial charge < -0.3 is 37.0 Å². The van der Waals surface area contributed by atoms with Crippen molar-refractivity contribution in [1.29, 1.82) is 0 Å². The number of aliphatic hydroxyl groups is 3. The van der Waals surface area contributed by atoms with E-state index in [4.69, 9.17) is 20.5 Å². The molecule has 3 unspecified atom stereocenters. The van der Waals surface area contributed by atoms with Crippen LogP contribution < -0.4 is 21.7 Å². The maximum Gasteiger partial charge on any atom is 0.362 e. The van der Waals surface area contributed by atoms with E-state index in [0.29, 0.717) is 6.08 Å². The first-order valence-electron chi connectivity index (χ1n) is 7.93. The number of rotatable bonds is 10. The Morgan fingerprint density at radius 2 is 1.80 bits per heavy atom. The first-order chi connectivity index (χ1) is 13.8. The Balaban J connectivity index is 2.86. The Labute approximate surface area is 168 Å². The lowest BCUT2D eigenvalue weighted by Gasteiger charge is -2.35. The minimum Gasteiger partial charge on any atom is -0.394 e. The molecule has 0 bridgehead atoms. The van der Waals surface area contributed by atoms with E-state index in [9.17, 15) is 37.5 Å². The number of carbonyl (C=O) groups excluding carboxylic acids is 5. The van der Waals surface area contributed by atoms with Crippen LogP contribution in [-0.2, 0) is 34.3 Å². The zero-order valence-corrected chi connectivity index (χ0v) is 15.8. The second kappa shape index (κ2) is 10.1. The maximum atomic E-state index is 12.2. The van der Waals surface area contributed by atoms with E-state index in [1.54, 1.807) is 0 Å². The number of hydrogen-bond donors (Lipinski definition) is 8. The second-order valence-electron chi connectivity index (χ2n) is 5.76. The number of nitrogens with one attached hydrogen (secondary N) is 3. The van der Waals surface area contributed by atoms with Crippen molar-refractivity contribution in [3.8, 4) is 0 Å². The lowest BCUT2D eigenvalue weighted by molar-refractivity contribution is -0.140. The summed E-state index contributed by atoms with van der Waals surface area (Å²) in [5.41, 5.74) is 4.11. The summed E-state index contributed by atoms with van der Waals surface area (Å²) >= 11 is 0. The molecule has 0 saturated carbocycles. The van der Waals surface area contributed by atoms with Crippen molar-refractivity contribution in [1.82, 2.24) is 20.3 Å². The average molecular weight is 453 g/mol. The van der Waals surface area contributed by atoms with Gasteiger partial charge in [0.05, 0.1) is 19.8 Å². The fourth-order valence-corrected chi connectivity index (χ4v) is 2.70. The molecule has 0 aromatic heterocycles. The van der Waals surface area contributed by atoms with Gasteiger partial charge in [0, 0.05) is 6.08 Å². The van der Waals surface area contributed by atoms with Crippen LogP contribution >= 0.6 is 0 Å². The number of carbonyl (C=O) groups is 5. The topological polar surface area (TPSA) is 266 Å². The van der Waals surface area contributed by atoms with E-state index >= 15 is 0 Å². The van der Waals surface area contributed by atoms with E-state index in [2.05, 4.69) is 0 Å². The van der Waals surface area contributed by atoms with Gasteiger partial charge in [0.1, 0.15) is 17.8 Å². The Kier molecular flexibility index (Phi) is 8.37. The molecule has 1 aliphatic heterocycles. The van der Waals surface area contributed by atoms with E-state index in [-0.39, 0.29) is 4.31 Å². The molecule has 5 amide bonds. The van der Waals surface area contributed by atoms with Crippen molar-refractivity contribution >= 4 is 39.8 Å². The van der Waals surface area contributed by atoms with Crippen LogP contribution in [0.3, 0.4) is 0 Å². The molecule has 9 N–H and O–H groups in total. The summed E-state index contributed by atoms with van der Waals surface area (Å²) in [5.74, 6) is -6.11. The molecule has 1 rings (SSSR count). The number of β-lactam (4-membered cyclic amide) rings is 1. The smallest absolute Gasteiger partial charge is 0.362 e. The van der Waals surface area contributed by atoms with Crippen molar-refractivity contribution in [2.75, 3.05) is 19.8 Å². The third-order valence-corrected chi connectivity index (χ3v) is 4.44. The third-order valence-electron chi connectivity index (χ3n) is 3.56. The Morgan fingerprint density at radius 1 is 1.20 bits per heavy atom. The maximum absolute atomic E-state index is 12.2. The molecular formula is C13H19N5O11S. The summed E-state index contributed by atoms with van der Waals surface area (Å²) in [4.78, 5) is 58.6. The van der Waals surface area contributed by atoms with E-state index in [0.717, 1.165) is 0 Å². The Hall–Kier alpha value is -3.12. The summed E-state index contributed by atoms with van der Waals surface area (Å²) in [7, 11) is -4.81. The van der Waals surface area contributed by atoms with E-state index in [1.807, 2.05) is 16.0 Å². The molecule has 0 spiro atoms. The minimum absolute atomic E-state index is 0.0534. The van der Waals surface area contributed by atoms with Crippen molar-refractivity contribution in [3.63, 3.8) is 0 Å². The predicted molar refractivity (Wildman–Crippen MR) is 92.7 cm³/mol. The van der Waals surface area contributed by atoms with Gasteiger partial charge in [-0.25, -0.2) is 4.31 Å². The van der Waals surface area contributed by atoms with Crippen LogP contribution in [0.25, 0.3) is 0 Å². The zero-order valence-electron chi connectivity index (χ0n) is 15.0. The van der Waals surface area contributed by atoms with Gasteiger partial charge in [-0.05, 0) is 0 Å². The molecule has 0 radical (unpaired) electrons. The Morgan fingerprint density at radius 3 is 2.23 bits per heavy atom. The molecule has 1 saturated heterocycles. The number of amides is 5. The molecule has 168 valence electrons. The SMILES string of the molecule is NC(=O)C=C(NC(=O)C(CO)NC(=O)C(O)CO)C(=O)NC1CN(S(=O)(=O)O)C1=O. The van der Waals surface area contributed by atoms with Gasteiger partial charge in [0.2, 0.25) is 11.8 Å². The fourth-order valence-electron chi connectivity index (χ4n) is 2.01. The summed E-state index contributed by atoms with van der Waals surface area (Å²) in [5, 5.41) is 32.8. The van der Waals surface area contributed by atoms with Gasteiger partial charge in [0.15, 0.2) is 6.10 Å². The number of aliphatic hydroxyl groups excluding tert-OH is 3. The van der Waals surface area contributed by atoms with Crippen LogP contribution in [0, 0.1) is 0 Å². The van der Waals surface area contributed by atoms with Crippen LogP contribution in [0.5, 0.6) is 0 Å². The summed E-state index contributed by atoms with van der Waals surface area (Å²) in [6.45, 7) is -2.60. The van der Waals surface area contributed by atoms with Gasteiger partial charge in [-0.15, -0.1) is 0 Å². The zero-order chi connectivity index (χ0) is 23.2. The van der Waals surface area contributed by atoms with Gasteiger partial charge in [-0.3, -0.25) is 28.5 Å². The van der Waals surface area contributed by atoms with Gasteiger partial charge in [0.25, 0.3) is 17.7 Å². The second-order valence-corrected chi connectivity index (χ2v) is 7.10. The molecule has 0 aromatic carbocycles. The van der Waals surface area contributed by atoms with Crippen LogP contribution in [0.4, 0.5) is 0 Å². The van der Waals surface area contributed by atoms with Crippen LogP contribution in [0.15, 0.2) is 11.8 Å². The molecule has 30 heavy (non-hydrogen) atoms. The highest BCUT2D eigenvalue weighted by Crippen LogP contribution is 2.14. The molecule has 1 heterocycles. The largest absolute Gasteiger partial charge is 0.394 e. The van der Waals surface area contributed by atoms with Crippen molar-refractivity contribution in [2.24, 2.45) is 5.73 Å². The van der Waals surface area contributed by atoms with Crippen molar-refractivity contribution < 1.29 is 52.3 Å². The number of nitrogens with two attached hydrogens (primary N) is 1. The third kappa shape index (κ3) is 6.46. The first-order valence-corrected chi connectivity index (χ1v) is 9.33. The van der Waals surface area contributed by atoms with Crippen LogP contribution in [0.1, 0.15) is 0 Å². The summed E-state index contributed by atoms with van der Waals surface area (Å²) in [6, 6.07) is -3.12. The number of hydrogen-bond acceptors (Lipinski definition) is 10. The molecule has 1 fully saturated rings. The average Bonchev–Trinajstić information content (AvgIpc) is 2.65. The Bertz CT molecular complexity index is 871. The highest BCUT2D eigenvalue weighted by molar-refractivity contribution is 7.84. The molecule has 16 nitrogen and oxygen atoms in total. The molecule has 17 heteroatoms. The van der Waals surface area contributed by atoms with Crippen LogP contribution in [-0.4, -0.2) is 100 Å². The molecule has 1 aliphatic rings. The van der Waals surface area contributed by atoms with Gasteiger partial charge >= 0.3 is 10.3 Å². The van der Waals surface area contributed by atoms with Crippen molar-refractivity contribution in [2.45, 2.75) is 18.2 Å². The number of primary amides is 1. The summed E-state index contributed by atoms with van der Waals surface area (Å²) in [6.07, 6.45) is -1.46.